The van der Waals surface area contributed by atoms with Crippen molar-refractivity contribution in [2.24, 2.45) is 0 Å². The number of urea groups is 1. The van der Waals surface area contributed by atoms with Gasteiger partial charge in [-0.3, -0.25) is 4.79 Å². The molecule has 0 aliphatic carbocycles. The van der Waals surface area contributed by atoms with Crippen LogP contribution in [0.15, 0.2) is 53.3 Å². The number of halogens is 2. The van der Waals surface area contributed by atoms with Crippen LogP contribution in [0.3, 0.4) is 0 Å². The summed E-state index contributed by atoms with van der Waals surface area (Å²) in [6.07, 6.45) is 0.393. The Balaban J connectivity index is 1.67. The highest BCUT2D eigenvalue weighted by Gasteiger charge is 2.28. The molecule has 0 atom stereocenters. The summed E-state index contributed by atoms with van der Waals surface area (Å²) in [6.45, 7) is 6.34. The van der Waals surface area contributed by atoms with Crippen LogP contribution in [0.2, 0.25) is 0 Å². The summed E-state index contributed by atoms with van der Waals surface area (Å²) in [5.41, 5.74) is 1.26. The first kappa shape index (κ1) is 22.4. The van der Waals surface area contributed by atoms with Crippen LogP contribution in [0.4, 0.5) is 25.2 Å². The number of nitrogens with one attached hydrogen (secondary N) is 2. The van der Waals surface area contributed by atoms with Gasteiger partial charge in [0.15, 0.2) is 11.6 Å². The van der Waals surface area contributed by atoms with Crippen molar-refractivity contribution in [3.8, 4) is 5.69 Å². The second-order valence-electron chi connectivity index (χ2n) is 8.94. The summed E-state index contributed by atoms with van der Waals surface area (Å²) in [5, 5.41) is 5.87. The lowest BCUT2D eigenvalue weighted by atomic mass is 10.1. The Morgan fingerprint density at radius 3 is 2.45 bits per heavy atom. The van der Waals surface area contributed by atoms with E-state index in [9.17, 15) is 18.4 Å². The van der Waals surface area contributed by atoms with Gasteiger partial charge < -0.3 is 15.5 Å². The minimum atomic E-state index is -1.05. The second kappa shape index (κ2) is 8.65. The standard InChI is InChI=1S/C24H25F2N5O2/c1-24(2,3)29-22-28-20-11-12-30(23(33)27-15-9-10-18(25)19(26)13-15)14-17(20)21(32)31(22)16-7-5-4-6-8-16/h4-10,13H,11-12,14H2,1-3H3,(H,27,33)(H,28,29). The van der Waals surface area contributed by atoms with Crippen molar-refractivity contribution in [3.63, 3.8) is 0 Å². The average molecular weight is 453 g/mol. The zero-order valence-electron chi connectivity index (χ0n) is 18.7. The molecule has 0 unspecified atom stereocenters. The van der Waals surface area contributed by atoms with Crippen molar-refractivity contribution in [2.45, 2.75) is 39.3 Å². The molecule has 0 saturated heterocycles. The van der Waals surface area contributed by atoms with Gasteiger partial charge in [0.1, 0.15) is 0 Å². The van der Waals surface area contributed by atoms with Crippen LogP contribution in [0.1, 0.15) is 32.0 Å². The fraction of sp³-hybridized carbons (Fsp3) is 0.292. The maximum Gasteiger partial charge on any atom is 0.322 e. The molecule has 3 aromatic rings. The largest absolute Gasteiger partial charge is 0.351 e. The van der Waals surface area contributed by atoms with Gasteiger partial charge in [-0.1, -0.05) is 18.2 Å². The number of benzene rings is 2. The maximum atomic E-state index is 13.6. The summed E-state index contributed by atoms with van der Waals surface area (Å²) in [5.74, 6) is -1.60. The van der Waals surface area contributed by atoms with Gasteiger partial charge in [0, 0.05) is 30.3 Å². The average Bonchev–Trinajstić information content (AvgIpc) is 2.76. The molecule has 33 heavy (non-hydrogen) atoms. The SMILES string of the molecule is CC(C)(C)Nc1nc2c(c(=O)n1-c1ccccc1)CN(C(=O)Nc1ccc(F)c(F)c1)CC2. The minimum absolute atomic E-state index is 0.0549. The Hall–Kier alpha value is -3.75. The molecule has 2 N–H and O–H groups in total. The molecule has 4 rings (SSSR count). The first-order valence-electron chi connectivity index (χ1n) is 10.6. The Kier molecular flexibility index (Phi) is 5.88. The monoisotopic (exact) mass is 453 g/mol. The Bertz CT molecular complexity index is 1250. The molecule has 0 spiro atoms. The van der Waals surface area contributed by atoms with Crippen LogP contribution >= 0.6 is 0 Å². The number of carbonyl (C=O) groups excluding carboxylic acids is 1. The predicted molar refractivity (Wildman–Crippen MR) is 123 cm³/mol. The van der Waals surface area contributed by atoms with Crippen molar-refractivity contribution in [1.82, 2.24) is 14.5 Å². The van der Waals surface area contributed by atoms with Crippen LogP contribution in [-0.4, -0.2) is 32.6 Å². The van der Waals surface area contributed by atoms with Gasteiger partial charge >= 0.3 is 6.03 Å². The third-order valence-corrected chi connectivity index (χ3v) is 5.19. The minimum Gasteiger partial charge on any atom is -0.351 e. The lowest BCUT2D eigenvalue weighted by molar-refractivity contribution is 0.205. The van der Waals surface area contributed by atoms with Crippen LogP contribution in [0, 0.1) is 11.6 Å². The third kappa shape index (κ3) is 4.87. The Labute approximate surface area is 190 Å². The third-order valence-electron chi connectivity index (χ3n) is 5.19. The van der Waals surface area contributed by atoms with Gasteiger partial charge in [0.25, 0.3) is 5.56 Å². The second-order valence-corrected chi connectivity index (χ2v) is 8.94. The van der Waals surface area contributed by atoms with Crippen LogP contribution in [0.5, 0.6) is 0 Å². The molecular formula is C24H25F2N5O2. The van der Waals surface area contributed by atoms with E-state index in [1.165, 1.54) is 15.5 Å². The fourth-order valence-electron chi connectivity index (χ4n) is 3.66. The summed E-state index contributed by atoms with van der Waals surface area (Å²) in [7, 11) is 0. The fourth-order valence-corrected chi connectivity index (χ4v) is 3.66. The van der Waals surface area contributed by atoms with E-state index in [0.717, 1.165) is 12.1 Å². The number of carbonyl (C=O) groups is 1. The van der Waals surface area contributed by atoms with Crippen molar-refractivity contribution in [3.05, 3.63) is 81.8 Å². The highest BCUT2D eigenvalue weighted by atomic mass is 19.2. The number of nitrogens with zero attached hydrogens (tertiary/aromatic N) is 3. The normalized spacial score (nSPS) is 13.4. The molecule has 0 bridgehead atoms. The van der Waals surface area contributed by atoms with Gasteiger partial charge in [0.05, 0.1) is 23.5 Å². The highest BCUT2D eigenvalue weighted by molar-refractivity contribution is 5.89. The molecule has 9 heteroatoms. The number of amides is 2. The molecule has 2 heterocycles. The molecule has 0 fully saturated rings. The molecule has 0 radical (unpaired) electrons. The summed E-state index contributed by atoms with van der Waals surface area (Å²) in [4.78, 5) is 32.5. The molecule has 1 aromatic heterocycles. The first-order valence-corrected chi connectivity index (χ1v) is 10.6. The molecular weight excluding hydrogens is 428 g/mol. The maximum absolute atomic E-state index is 13.6. The van der Waals surface area contributed by atoms with Gasteiger partial charge in [-0.05, 0) is 45.0 Å². The number of aromatic nitrogens is 2. The zero-order valence-corrected chi connectivity index (χ0v) is 18.7. The number of anilines is 2. The van der Waals surface area contributed by atoms with E-state index in [1.807, 2.05) is 51.1 Å². The predicted octanol–water partition coefficient (Wildman–Crippen LogP) is 4.31. The van der Waals surface area contributed by atoms with E-state index in [-0.39, 0.29) is 23.3 Å². The van der Waals surface area contributed by atoms with Crippen molar-refractivity contribution in [2.75, 3.05) is 17.2 Å². The summed E-state index contributed by atoms with van der Waals surface area (Å²) in [6, 6.07) is 11.8. The van der Waals surface area contributed by atoms with E-state index in [0.29, 0.717) is 35.9 Å². The van der Waals surface area contributed by atoms with Gasteiger partial charge in [0.2, 0.25) is 5.95 Å². The van der Waals surface area contributed by atoms with Crippen molar-refractivity contribution < 1.29 is 13.6 Å². The van der Waals surface area contributed by atoms with E-state index in [4.69, 9.17) is 4.98 Å². The first-order chi connectivity index (χ1) is 15.6. The molecule has 1 aliphatic heterocycles. The Morgan fingerprint density at radius 1 is 1.06 bits per heavy atom. The molecule has 7 nitrogen and oxygen atoms in total. The summed E-state index contributed by atoms with van der Waals surface area (Å²) < 4.78 is 28.2. The molecule has 172 valence electrons. The van der Waals surface area contributed by atoms with E-state index >= 15 is 0 Å². The number of hydrogen-bond donors (Lipinski definition) is 2. The number of fused-ring (bicyclic) bond motifs is 1. The van der Waals surface area contributed by atoms with Gasteiger partial charge in [-0.15, -0.1) is 0 Å². The highest BCUT2D eigenvalue weighted by Crippen LogP contribution is 2.22. The molecule has 2 amide bonds. The zero-order chi connectivity index (χ0) is 23.8. The van der Waals surface area contributed by atoms with Crippen molar-refractivity contribution >= 4 is 17.7 Å². The molecule has 1 aliphatic rings. The number of para-hydroxylation sites is 1. The number of hydrogen-bond acceptors (Lipinski definition) is 4. The van der Waals surface area contributed by atoms with Crippen molar-refractivity contribution in [1.29, 1.82) is 0 Å². The quantitative estimate of drug-likeness (QED) is 0.619. The molecule has 2 aromatic carbocycles. The Morgan fingerprint density at radius 2 is 1.79 bits per heavy atom. The lowest BCUT2D eigenvalue weighted by Crippen LogP contribution is -2.43. The molecule has 0 saturated carbocycles. The van der Waals surface area contributed by atoms with Crippen LogP contribution < -0.4 is 16.2 Å². The lowest BCUT2D eigenvalue weighted by Gasteiger charge is -2.30. The van der Waals surface area contributed by atoms with Crippen LogP contribution in [0.25, 0.3) is 5.69 Å². The van der Waals surface area contributed by atoms with Gasteiger partial charge in [-0.2, -0.15) is 0 Å². The van der Waals surface area contributed by atoms with E-state index < -0.39 is 17.7 Å². The summed E-state index contributed by atoms with van der Waals surface area (Å²) >= 11 is 0. The smallest absolute Gasteiger partial charge is 0.322 e. The topological polar surface area (TPSA) is 79.3 Å². The van der Waals surface area contributed by atoms with E-state index in [1.54, 1.807) is 0 Å². The van der Waals surface area contributed by atoms with Gasteiger partial charge in [-0.25, -0.2) is 23.1 Å². The van der Waals surface area contributed by atoms with E-state index in [2.05, 4.69) is 10.6 Å². The van der Waals surface area contributed by atoms with Crippen LogP contribution in [-0.2, 0) is 13.0 Å². The number of rotatable bonds is 3.